The smallest absolute Gasteiger partial charge is 0.308 e. The van der Waals surface area contributed by atoms with E-state index in [2.05, 4.69) is 10.2 Å². The number of carbonyl (C=O) groups is 2. The van der Waals surface area contributed by atoms with E-state index >= 15 is 0 Å². The predicted octanol–water partition coefficient (Wildman–Crippen LogP) is 1.25. The first kappa shape index (κ1) is 18.3. The molecule has 0 aromatic heterocycles. The Hall–Kier alpha value is -2.08. The second-order valence-electron chi connectivity index (χ2n) is 6.41. The Labute approximate surface area is 143 Å². The quantitative estimate of drug-likeness (QED) is 0.794. The number of esters is 1. The molecule has 0 spiro atoms. The SMILES string of the molecule is COC(=O)C1CCN(CC(=O)NCc2ccc(N(C)C)cc2)CC1. The van der Waals surface area contributed by atoms with E-state index in [1.807, 2.05) is 43.3 Å². The Balaban J connectivity index is 1.71. The van der Waals surface area contributed by atoms with Crippen LogP contribution in [0.15, 0.2) is 24.3 Å². The van der Waals surface area contributed by atoms with Gasteiger partial charge in [0.2, 0.25) is 5.91 Å². The zero-order valence-electron chi connectivity index (χ0n) is 14.7. The number of anilines is 1. The molecule has 0 aliphatic carbocycles. The van der Waals surface area contributed by atoms with Crippen molar-refractivity contribution in [3.63, 3.8) is 0 Å². The van der Waals surface area contributed by atoms with E-state index in [1.165, 1.54) is 7.11 Å². The highest BCUT2D eigenvalue weighted by Crippen LogP contribution is 2.18. The summed E-state index contributed by atoms with van der Waals surface area (Å²) in [6.45, 7) is 2.42. The van der Waals surface area contributed by atoms with E-state index in [-0.39, 0.29) is 17.8 Å². The van der Waals surface area contributed by atoms with Crippen molar-refractivity contribution in [2.45, 2.75) is 19.4 Å². The monoisotopic (exact) mass is 333 g/mol. The number of likely N-dealkylation sites (tertiary alicyclic amines) is 1. The third-order valence-electron chi connectivity index (χ3n) is 4.43. The third-order valence-corrected chi connectivity index (χ3v) is 4.43. The molecule has 0 bridgehead atoms. The number of carbonyl (C=O) groups excluding carboxylic acids is 2. The number of nitrogens with zero attached hydrogens (tertiary/aromatic N) is 2. The van der Waals surface area contributed by atoms with E-state index in [4.69, 9.17) is 4.74 Å². The molecular formula is C18H27N3O3. The van der Waals surface area contributed by atoms with Gasteiger partial charge in [-0.15, -0.1) is 0 Å². The van der Waals surface area contributed by atoms with Crippen LogP contribution in [0.25, 0.3) is 0 Å². The van der Waals surface area contributed by atoms with Crippen molar-refractivity contribution >= 4 is 17.6 Å². The molecule has 2 rings (SSSR count). The van der Waals surface area contributed by atoms with E-state index < -0.39 is 0 Å². The lowest BCUT2D eigenvalue weighted by Gasteiger charge is -2.29. The van der Waals surface area contributed by atoms with Crippen LogP contribution in [0.2, 0.25) is 0 Å². The summed E-state index contributed by atoms with van der Waals surface area (Å²) < 4.78 is 4.78. The Kier molecular flexibility index (Phi) is 6.61. The number of ether oxygens (including phenoxy) is 1. The molecule has 1 aliphatic heterocycles. The predicted molar refractivity (Wildman–Crippen MR) is 93.8 cm³/mol. The third kappa shape index (κ3) is 5.23. The number of hydrogen-bond acceptors (Lipinski definition) is 5. The molecule has 1 heterocycles. The Morgan fingerprint density at radius 2 is 1.83 bits per heavy atom. The van der Waals surface area contributed by atoms with E-state index in [0.717, 1.165) is 37.2 Å². The molecule has 1 aromatic carbocycles. The molecule has 0 radical (unpaired) electrons. The number of amides is 1. The van der Waals surface area contributed by atoms with Crippen LogP contribution in [0, 0.1) is 5.92 Å². The molecule has 24 heavy (non-hydrogen) atoms. The van der Waals surface area contributed by atoms with Crippen LogP contribution in [0.5, 0.6) is 0 Å². The Morgan fingerprint density at radius 1 is 1.21 bits per heavy atom. The molecule has 1 N–H and O–H groups in total. The van der Waals surface area contributed by atoms with Crippen LogP contribution in [-0.2, 0) is 20.9 Å². The van der Waals surface area contributed by atoms with Gasteiger partial charge < -0.3 is 15.0 Å². The van der Waals surface area contributed by atoms with Gasteiger partial charge in [-0.1, -0.05) is 12.1 Å². The van der Waals surface area contributed by atoms with Crippen molar-refractivity contribution in [3.8, 4) is 0 Å². The van der Waals surface area contributed by atoms with Gasteiger partial charge in [-0.2, -0.15) is 0 Å². The maximum absolute atomic E-state index is 12.1. The molecule has 0 saturated carbocycles. The number of nitrogens with one attached hydrogen (secondary N) is 1. The highest BCUT2D eigenvalue weighted by atomic mass is 16.5. The topological polar surface area (TPSA) is 61.9 Å². The van der Waals surface area contributed by atoms with Crippen molar-refractivity contribution in [1.29, 1.82) is 0 Å². The van der Waals surface area contributed by atoms with Gasteiger partial charge in [-0.25, -0.2) is 0 Å². The maximum Gasteiger partial charge on any atom is 0.308 e. The lowest BCUT2D eigenvalue weighted by Crippen LogP contribution is -2.42. The summed E-state index contributed by atoms with van der Waals surface area (Å²) >= 11 is 0. The van der Waals surface area contributed by atoms with E-state index in [1.54, 1.807) is 0 Å². The van der Waals surface area contributed by atoms with Crippen LogP contribution in [0.4, 0.5) is 5.69 Å². The molecule has 132 valence electrons. The second kappa shape index (κ2) is 8.68. The molecule has 1 aliphatic rings. The van der Waals surface area contributed by atoms with Gasteiger partial charge in [0.15, 0.2) is 0 Å². The number of hydrogen-bond donors (Lipinski definition) is 1. The minimum absolute atomic E-state index is 0.0169. The van der Waals surface area contributed by atoms with Gasteiger partial charge in [-0.3, -0.25) is 14.5 Å². The fraction of sp³-hybridized carbons (Fsp3) is 0.556. The van der Waals surface area contributed by atoms with Gasteiger partial charge in [0.05, 0.1) is 19.6 Å². The van der Waals surface area contributed by atoms with Crippen LogP contribution < -0.4 is 10.2 Å². The van der Waals surface area contributed by atoms with Crippen molar-refractivity contribution in [1.82, 2.24) is 10.2 Å². The molecule has 1 aromatic rings. The number of methoxy groups -OCH3 is 1. The second-order valence-corrected chi connectivity index (χ2v) is 6.41. The molecular weight excluding hydrogens is 306 g/mol. The molecule has 1 fully saturated rings. The largest absolute Gasteiger partial charge is 0.469 e. The molecule has 1 saturated heterocycles. The minimum atomic E-state index is -0.139. The van der Waals surface area contributed by atoms with E-state index in [0.29, 0.717) is 13.1 Å². The van der Waals surface area contributed by atoms with Crippen LogP contribution in [0.1, 0.15) is 18.4 Å². The summed E-state index contributed by atoms with van der Waals surface area (Å²) in [5, 5.41) is 2.95. The number of benzene rings is 1. The van der Waals surface area contributed by atoms with Crippen molar-refractivity contribution in [2.75, 3.05) is 45.7 Å². The lowest BCUT2D eigenvalue weighted by atomic mass is 9.97. The summed E-state index contributed by atoms with van der Waals surface area (Å²) in [5.74, 6) is -0.145. The van der Waals surface area contributed by atoms with Gasteiger partial charge in [0.25, 0.3) is 0 Å². The first-order chi connectivity index (χ1) is 11.5. The van der Waals surface area contributed by atoms with E-state index in [9.17, 15) is 9.59 Å². The number of rotatable bonds is 6. The molecule has 6 heteroatoms. The average molecular weight is 333 g/mol. The summed E-state index contributed by atoms with van der Waals surface area (Å²) in [4.78, 5) is 27.7. The zero-order chi connectivity index (χ0) is 17.5. The van der Waals surface area contributed by atoms with Crippen LogP contribution >= 0.6 is 0 Å². The molecule has 0 unspecified atom stereocenters. The molecule has 1 amide bonds. The van der Waals surface area contributed by atoms with Crippen LogP contribution in [-0.4, -0.2) is 57.6 Å². The van der Waals surface area contributed by atoms with Gasteiger partial charge in [-0.05, 0) is 43.6 Å². The Bertz CT molecular complexity index is 549. The van der Waals surface area contributed by atoms with Crippen molar-refractivity contribution < 1.29 is 14.3 Å². The summed E-state index contributed by atoms with van der Waals surface area (Å²) in [5.41, 5.74) is 2.22. The van der Waals surface area contributed by atoms with Crippen molar-refractivity contribution in [2.24, 2.45) is 5.92 Å². The lowest BCUT2D eigenvalue weighted by molar-refractivity contribution is -0.147. The summed E-state index contributed by atoms with van der Waals surface area (Å²) in [7, 11) is 5.42. The first-order valence-electron chi connectivity index (χ1n) is 8.32. The van der Waals surface area contributed by atoms with Gasteiger partial charge >= 0.3 is 5.97 Å². The van der Waals surface area contributed by atoms with Gasteiger partial charge in [0, 0.05) is 26.3 Å². The maximum atomic E-state index is 12.1. The minimum Gasteiger partial charge on any atom is -0.469 e. The Morgan fingerprint density at radius 3 is 2.38 bits per heavy atom. The average Bonchev–Trinajstić information content (AvgIpc) is 2.60. The van der Waals surface area contributed by atoms with Crippen LogP contribution in [0.3, 0.4) is 0 Å². The highest BCUT2D eigenvalue weighted by Gasteiger charge is 2.26. The normalized spacial score (nSPS) is 15.8. The fourth-order valence-electron chi connectivity index (χ4n) is 2.87. The van der Waals surface area contributed by atoms with Gasteiger partial charge in [0.1, 0.15) is 0 Å². The summed E-state index contributed by atoms with van der Waals surface area (Å²) in [6.07, 6.45) is 1.51. The fourth-order valence-corrected chi connectivity index (χ4v) is 2.87. The van der Waals surface area contributed by atoms with Crippen molar-refractivity contribution in [3.05, 3.63) is 29.8 Å². The summed E-state index contributed by atoms with van der Waals surface area (Å²) in [6, 6.07) is 8.13. The molecule has 0 atom stereocenters. The number of piperidine rings is 1. The standard InChI is InChI=1S/C18H27N3O3/c1-20(2)16-6-4-14(5-7-16)12-19-17(22)13-21-10-8-15(9-11-21)18(23)24-3/h4-7,15H,8-13H2,1-3H3,(H,19,22). The highest BCUT2D eigenvalue weighted by molar-refractivity contribution is 5.78. The first-order valence-corrected chi connectivity index (χ1v) is 8.32. The molecule has 6 nitrogen and oxygen atoms in total. The zero-order valence-corrected chi connectivity index (χ0v) is 14.7.